The van der Waals surface area contributed by atoms with E-state index >= 15 is 0 Å². The first kappa shape index (κ1) is 16.3. The molecule has 0 amide bonds. The van der Waals surface area contributed by atoms with Gasteiger partial charge in [0, 0.05) is 23.8 Å². The minimum Gasteiger partial charge on any atom is -0.355 e. The molecule has 1 fully saturated rings. The van der Waals surface area contributed by atoms with E-state index in [-0.39, 0.29) is 12.3 Å². The highest BCUT2D eigenvalue weighted by molar-refractivity contribution is 7.92. The van der Waals surface area contributed by atoms with Gasteiger partial charge in [-0.1, -0.05) is 19.3 Å². The van der Waals surface area contributed by atoms with Gasteiger partial charge >= 0.3 is 0 Å². The zero-order chi connectivity index (χ0) is 16.2. The second kappa shape index (κ2) is 7.31. The van der Waals surface area contributed by atoms with Crippen LogP contribution in [0.5, 0.6) is 0 Å². The standard InChI is InChI=1S/C16H21FN4OS/c1-18-11-20(13-5-3-2-4-6-13)15-12(10-22)9-19-16-14(15)7-8-21(16)23-17/h7-10,13,18H,2-6,11H2,1H3. The molecule has 0 saturated heterocycles. The molecule has 0 aliphatic heterocycles. The number of aromatic nitrogens is 2. The summed E-state index contributed by atoms with van der Waals surface area (Å²) in [5.41, 5.74) is 1.97. The molecule has 2 heterocycles. The minimum atomic E-state index is 0.119. The fourth-order valence-corrected chi connectivity index (χ4v) is 3.80. The van der Waals surface area contributed by atoms with Crippen LogP contribution in [-0.4, -0.2) is 35.0 Å². The maximum Gasteiger partial charge on any atom is 0.171 e. The van der Waals surface area contributed by atoms with Crippen molar-refractivity contribution in [2.75, 3.05) is 18.6 Å². The average Bonchev–Trinajstić information content (AvgIpc) is 3.03. The first-order chi connectivity index (χ1) is 11.3. The van der Waals surface area contributed by atoms with Gasteiger partial charge in [0.2, 0.25) is 0 Å². The van der Waals surface area contributed by atoms with E-state index in [1.54, 1.807) is 12.4 Å². The highest BCUT2D eigenvalue weighted by atomic mass is 32.2. The SMILES string of the molecule is CNCN(c1c(C=O)cnc2c1ccn2SF)C1CCCCC1. The molecule has 0 bridgehead atoms. The Morgan fingerprint density at radius 3 is 2.91 bits per heavy atom. The van der Waals surface area contributed by atoms with Gasteiger partial charge in [0.1, 0.15) is 0 Å². The molecule has 0 atom stereocenters. The lowest BCUT2D eigenvalue weighted by molar-refractivity contribution is 0.112. The number of carbonyl (C=O) groups excluding carboxylic acids is 1. The van der Waals surface area contributed by atoms with Gasteiger partial charge in [-0.15, -0.1) is 3.89 Å². The van der Waals surface area contributed by atoms with Crippen LogP contribution in [0.1, 0.15) is 42.5 Å². The first-order valence-electron chi connectivity index (χ1n) is 7.95. The van der Waals surface area contributed by atoms with Crippen molar-refractivity contribution in [3.63, 3.8) is 0 Å². The maximum atomic E-state index is 13.1. The summed E-state index contributed by atoms with van der Waals surface area (Å²) < 4.78 is 14.4. The maximum absolute atomic E-state index is 13.1. The summed E-state index contributed by atoms with van der Waals surface area (Å²) in [6, 6.07) is 2.23. The molecule has 1 aliphatic carbocycles. The average molecular weight is 336 g/mol. The van der Waals surface area contributed by atoms with Crippen molar-refractivity contribution >= 4 is 35.3 Å². The van der Waals surface area contributed by atoms with Crippen LogP contribution in [0.15, 0.2) is 18.5 Å². The molecule has 0 spiro atoms. The predicted octanol–water partition coefficient (Wildman–Crippen LogP) is 3.55. The topological polar surface area (TPSA) is 50.2 Å². The lowest BCUT2D eigenvalue weighted by atomic mass is 9.93. The number of hydrogen-bond acceptors (Lipinski definition) is 5. The predicted molar refractivity (Wildman–Crippen MR) is 92.5 cm³/mol. The molecule has 0 unspecified atom stereocenters. The van der Waals surface area contributed by atoms with Crippen LogP contribution < -0.4 is 10.2 Å². The normalized spacial score (nSPS) is 15.9. The van der Waals surface area contributed by atoms with Gasteiger partial charge in [0.05, 0.1) is 17.9 Å². The molecule has 1 N–H and O–H groups in total. The second-order valence-electron chi connectivity index (χ2n) is 5.90. The molecular formula is C16H21FN4OS. The summed E-state index contributed by atoms with van der Waals surface area (Å²) in [4.78, 5) is 18.1. The second-order valence-corrected chi connectivity index (χ2v) is 6.43. The van der Waals surface area contributed by atoms with Crippen molar-refractivity contribution in [1.82, 2.24) is 14.3 Å². The number of nitrogens with one attached hydrogen (secondary N) is 1. The van der Waals surface area contributed by atoms with Gasteiger partial charge < -0.3 is 10.2 Å². The molecule has 0 aromatic carbocycles. The number of anilines is 1. The van der Waals surface area contributed by atoms with Crippen LogP contribution in [0.25, 0.3) is 11.0 Å². The smallest absolute Gasteiger partial charge is 0.171 e. The highest BCUT2D eigenvalue weighted by Gasteiger charge is 2.25. The Labute approximate surface area is 139 Å². The molecule has 5 nitrogen and oxygen atoms in total. The van der Waals surface area contributed by atoms with Crippen molar-refractivity contribution in [1.29, 1.82) is 0 Å². The summed E-state index contributed by atoms with van der Waals surface area (Å²) >= 11 is 0.119. The summed E-state index contributed by atoms with van der Waals surface area (Å²) in [6.07, 6.45) is 9.94. The summed E-state index contributed by atoms with van der Waals surface area (Å²) in [5, 5.41) is 4.02. The van der Waals surface area contributed by atoms with E-state index in [1.807, 2.05) is 13.1 Å². The Hall–Kier alpha value is -1.60. The van der Waals surface area contributed by atoms with Crippen molar-refractivity contribution in [2.24, 2.45) is 0 Å². The van der Waals surface area contributed by atoms with Crippen molar-refractivity contribution in [3.05, 3.63) is 24.0 Å². The van der Waals surface area contributed by atoms with Crippen LogP contribution in [0.4, 0.5) is 9.57 Å². The van der Waals surface area contributed by atoms with Crippen LogP contribution in [0.2, 0.25) is 0 Å². The van der Waals surface area contributed by atoms with Crippen LogP contribution >= 0.6 is 12.3 Å². The van der Waals surface area contributed by atoms with E-state index < -0.39 is 0 Å². The fraction of sp³-hybridized carbons (Fsp3) is 0.500. The van der Waals surface area contributed by atoms with E-state index in [0.717, 1.165) is 30.2 Å². The molecule has 2 aromatic heterocycles. The molecular weight excluding hydrogens is 315 g/mol. The van der Waals surface area contributed by atoms with Crippen molar-refractivity contribution < 1.29 is 8.68 Å². The number of nitrogens with zero attached hydrogens (tertiary/aromatic N) is 3. The number of aldehydes is 1. The van der Waals surface area contributed by atoms with Crippen molar-refractivity contribution in [3.8, 4) is 0 Å². The number of pyridine rings is 1. The fourth-order valence-electron chi connectivity index (χ4n) is 3.48. The Kier molecular flexibility index (Phi) is 5.17. The largest absolute Gasteiger partial charge is 0.355 e. The first-order valence-corrected chi connectivity index (χ1v) is 8.63. The molecule has 0 radical (unpaired) electrons. The zero-order valence-electron chi connectivity index (χ0n) is 13.2. The lowest BCUT2D eigenvalue weighted by Crippen LogP contribution is -2.42. The van der Waals surface area contributed by atoms with E-state index in [0.29, 0.717) is 23.9 Å². The Morgan fingerprint density at radius 2 is 2.26 bits per heavy atom. The molecule has 1 aliphatic rings. The Bertz CT molecular complexity index is 684. The van der Waals surface area contributed by atoms with Crippen LogP contribution in [0.3, 0.4) is 0 Å². The third-order valence-electron chi connectivity index (χ3n) is 4.51. The third-order valence-corrected chi connectivity index (χ3v) is 4.96. The van der Waals surface area contributed by atoms with Crippen LogP contribution in [0, 0.1) is 0 Å². The van der Waals surface area contributed by atoms with E-state index in [2.05, 4.69) is 15.2 Å². The number of halogens is 1. The number of carbonyl (C=O) groups is 1. The van der Waals surface area contributed by atoms with E-state index in [1.165, 1.54) is 23.2 Å². The molecule has 1 saturated carbocycles. The number of fused-ring (bicyclic) bond motifs is 1. The lowest BCUT2D eigenvalue weighted by Gasteiger charge is -2.37. The van der Waals surface area contributed by atoms with Gasteiger partial charge in [0.25, 0.3) is 0 Å². The summed E-state index contributed by atoms with van der Waals surface area (Å²) in [7, 11) is 1.90. The van der Waals surface area contributed by atoms with Crippen molar-refractivity contribution in [2.45, 2.75) is 38.1 Å². The molecule has 3 rings (SSSR count). The zero-order valence-corrected chi connectivity index (χ0v) is 14.0. The molecule has 2 aromatic rings. The van der Waals surface area contributed by atoms with Gasteiger partial charge in [-0.2, -0.15) is 0 Å². The van der Waals surface area contributed by atoms with Gasteiger partial charge in [-0.3, -0.25) is 4.79 Å². The van der Waals surface area contributed by atoms with Gasteiger partial charge in [-0.25, -0.2) is 8.96 Å². The quantitative estimate of drug-likeness (QED) is 0.646. The monoisotopic (exact) mass is 336 g/mol. The van der Waals surface area contributed by atoms with Gasteiger partial charge in [-0.05, 0) is 26.0 Å². The van der Waals surface area contributed by atoms with Crippen LogP contribution in [-0.2, 0) is 0 Å². The third kappa shape index (κ3) is 3.07. The molecule has 23 heavy (non-hydrogen) atoms. The molecule has 7 heteroatoms. The minimum absolute atomic E-state index is 0.119. The van der Waals surface area contributed by atoms with E-state index in [4.69, 9.17) is 0 Å². The summed E-state index contributed by atoms with van der Waals surface area (Å²) in [5.74, 6) is 0. The number of hydrogen-bond donors (Lipinski definition) is 1. The van der Waals surface area contributed by atoms with Gasteiger partial charge in [0.15, 0.2) is 24.3 Å². The van der Waals surface area contributed by atoms with E-state index in [9.17, 15) is 8.68 Å². The number of rotatable bonds is 6. The Balaban J connectivity index is 2.12. The highest BCUT2D eigenvalue weighted by Crippen LogP contribution is 2.35. The summed E-state index contributed by atoms with van der Waals surface area (Å²) in [6.45, 7) is 0.651. The Morgan fingerprint density at radius 1 is 1.48 bits per heavy atom. The molecule has 124 valence electrons.